The molecular weight excluding hydrogens is 386 g/mol. The van der Waals surface area contributed by atoms with Gasteiger partial charge >= 0.3 is 0 Å². The lowest BCUT2D eigenvalue weighted by Crippen LogP contribution is -2.20. The third-order valence-electron chi connectivity index (χ3n) is 5.11. The Morgan fingerprint density at radius 3 is 2.03 bits per heavy atom. The van der Waals surface area contributed by atoms with Gasteiger partial charge in [0.05, 0.1) is 6.21 Å². The Morgan fingerprint density at radius 1 is 0.806 bits per heavy atom. The Bertz CT molecular complexity index is 1220. The Hall–Kier alpha value is -3.99. The number of anilines is 1. The van der Waals surface area contributed by atoms with Crippen LogP contribution in [0.3, 0.4) is 0 Å². The molecule has 0 saturated carbocycles. The van der Waals surface area contributed by atoms with Gasteiger partial charge in [-0.3, -0.25) is 9.59 Å². The number of carbonyl (C=O) groups is 2. The number of hydrogen-bond donors (Lipinski definition) is 2. The Labute approximate surface area is 180 Å². The summed E-state index contributed by atoms with van der Waals surface area (Å²) in [5.41, 5.74) is 5.33. The number of hydrogen-bond acceptors (Lipinski definition) is 3. The van der Waals surface area contributed by atoms with Crippen LogP contribution < -0.4 is 10.7 Å². The summed E-state index contributed by atoms with van der Waals surface area (Å²) in [7, 11) is 0. The van der Waals surface area contributed by atoms with Gasteiger partial charge in [0, 0.05) is 24.1 Å². The molecule has 2 amide bonds. The summed E-state index contributed by atoms with van der Waals surface area (Å²) in [6.07, 6.45) is 1.83. The van der Waals surface area contributed by atoms with Crippen molar-refractivity contribution in [1.29, 1.82) is 0 Å². The van der Waals surface area contributed by atoms with E-state index in [1.165, 1.54) is 0 Å². The van der Waals surface area contributed by atoms with E-state index >= 15 is 0 Å². The summed E-state index contributed by atoms with van der Waals surface area (Å²) in [5, 5.41) is 11.3. The van der Waals surface area contributed by atoms with E-state index in [0.717, 1.165) is 38.4 Å². The number of carbonyl (C=O) groups excluding carboxylic acids is 2. The molecule has 0 aliphatic heterocycles. The molecule has 0 aromatic heterocycles. The van der Waals surface area contributed by atoms with Gasteiger partial charge in [-0.25, -0.2) is 5.43 Å². The fraction of sp³-hybridized carbons (Fsp3) is 0.115. The van der Waals surface area contributed by atoms with Gasteiger partial charge in [0.15, 0.2) is 0 Å². The van der Waals surface area contributed by atoms with Crippen molar-refractivity contribution in [2.24, 2.45) is 5.10 Å². The van der Waals surface area contributed by atoms with Crippen molar-refractivity contribution < 1.29 is 9.59 Å². The smallest absolute Gasteiger partial charge is 0.240 e. The van der Waals surface area contributed by atoms with Crippen LogP contribution in [0, 0.1) is 6.92 Å². The third-order valence-corrected chi connectivity index (χ3v) is 5.11. The molecule has 0 aliphatic rings. The highest BCUT2D eigenvalue weighted by molar-refractivity contribution is 6.13. The van der Waals surface area contributed by atoms with Gasteiger partial charge < -0.3 is 5.32 Å². The van der Waals surface area contributed by atoms with Gasteiger partial charge in [-0.1, -0.05) is 66.2 Å². The first-order valence-corrected chi connectivity index (χ1v) is 10.2. The quantitative estimate of drug-likeness (QED) is 0.262. The van der Waals surface area contributed by atoms with Crippen LogP contribution in [0.15, 0.2) is 84.0 Å². The van der Waals surface area contributed by atoms with Gasteiger partial charge in [0.2, 0.25) is 11.8 Å². The van der Waals surface area contributed by atoms with Crippen LogP contribution in [0.25, 0.3) is 21.5 Å². The Balaban J connectivity index is 1.40. The summed E-state index contributed by atoms with van der Waals surface area (Å²) in [6, 6.07) is 25.9. The summed E-state index contributed by atoms with van der Waals surface area (Å²) in [6.45, 7) is 1.98. The fourth-order valence-corrected chi connectivity index (χ4v) is 3.50. The van der Waals surface area contributed by atoms with E-state index in [-0.39, 0.29) is 24.7 Å². The SMILES string of the molecule is Cc1ccc(NC(=O)CCC(=O)N/N=C/c2c3ccccc3cc3ccccc23)cc1. The van der Waals surface area contributed by atoms with E-state index in [9.17, 15) is 9.59 Å². The second-order valence-electron chi connectivity index (χ2n) is 7.44. The molecule has 0 spiro atoms. The maximum atomic E-state index is 12.2. The molecule has 154 valence electrons. The van der Waals surface area contributed by atoms with Gasteiger partial charge in [0.25, 0.3) is 0 Å². The number of nitrogens with zero attached hydrogens (tertiary/aromatic N) is 1. The largest absolute Gasteiger partial charge is 0.326 e. The zero-order chi connectivity index (χ0) is 21.6. The average Bonchev–Trinajstić information content (AvgIpc) is 2.79. The van der Waals surface area contributed by atoms with Crippen LogP contribution in [0.1, 0.15) is 24.0 Å². The molecule has 4 rings (SSSR count). The predicted octanol–water partition coefficient (Wildman–Crippen LogP) is 5.17. The molecule has 4 aromatic rings. The van der Waals surface area contributed by atoms with Crippen molar-refractivity contribution in [3.8, 4) is 0 Å². The number of fused-ring (bicyclic) bond motifs is 2. The second-order valence-corrected chi connectivity index (χ2v) is 7.44. The number of aryl methyl sites for hydroxylation is 1. The first-order chi connectivity index (χ1) is 15.1. The van der Waals surface area contributed by atoms with Crippen LogP contribution in [0.2, 0.25) is 0 Å². The summed E-state index contributed by atoms with van der Waals surface area (Å²) in [4.78, 5) is 24.2. The lowest BCUT2D eigenvalue weighted by molar-refractivity contribution is -0.124. The highest BCUT2D eigenvalue weighted by atomic mass is 16.2. The number of benzene rings is 4. The highest BCUT2D eigenvalue weighted by Crippen LogP contribution is 2.27. The number of rotatable bonds is 6. The van der Waals surface area contributed by atoms with Crippen molar-refractivity contribution >= 4 is 45.3 Å². The molecule has 0 aliphatic carbocycles. The standard InChI is InChI=1S/C26H23N3O2/c1-18-10-12-21(13-11-18)28-25(30)14-15-26(31)29-27-17-24-22-8-4-2-6-19(22)16-20-7-3-5-9-23(20)24/h2-13,16-17H,14-15H2,1H3,(H,28,30)(H,29,31)/b27-17+. The second kappa shape index (κ2) is 9.22. The highest BCUT2D eigenvalue weighted by Gasteiger charge is 2.08. The third kappa shape index (κ3) is 4.95. The monoisotopic (exact) mass is 409 g/mol. The van der Waals surface area contributed by atoms with Gasteiger partial charge in [-0.05, 0) is 46.7 Å². The molecule has 5 heteroatoms. The van der Waals surface area contributed by atoms with Crippen LogP contribution in [-0.2, 0) is 9.59 Å². The first-order valence-electron chi connectivity index (χ1n) is 10.2. The maximum absolute atomic E-state index is 12.2. The van der Waals surface area contributed by atoms with Gasteiger partial charge in [-0.2, -0.15) is 5.10 Å². The van der Waals surface area contributed by atoms with Gasteiger partial charge in [-0.15, -0.1) is 0 Å². The van der Waals surface area contributed by atoms with E-state index in [4.69, 9.17) is 0 Å². The van der Waals surface area contributed by atoms with Crippen LogP contribution in [0.5, 0.6) is 0 Å². The lowest BCUT2D eigenvalue weighted by atomic mass is 9.97. The molecule has 31 heavy (non-hydrogen) atoms. The normalized spacial score (nSPS) is 11.1. The van der Waals surface area contributed by atoms with Crippen LogP contribution in [0.4, 0.5) is 5.69 Å². The molecule has 2 N–H and O–H groups in total. The van der Waals surface area contributed by atoms with Crippen LogP contribution in [-0.4, -0.2) is 18.0 Å². The molecule has 0 atom stereocenters. The molecule has 0 radical (unpaired) electrons. The van der Waals surface area contributed by atoms with Crippen molar-refractivity contribution in [2.75, 3.05) is 5.32 Å². The minimum Gasteiger partial charge on any atom is -0.326 e. The molecule has 0 saturated heterocycles. The molecule has 5 nitrogen and oxygen atoms in total. The Morgan fingerprint density at radius 2 is 1.39 bits per heavy atom. The van der Waals surface area contributed by atoms with Crippen molar-refractivity contribution in [3.63, 3.8) is 0 Å². The number of amides is 2. The van der Waals surface area contributed by atoms with E-state index in [1.807, 2.05) is 67.6 Å². The number of hydrazone groups is 1. The summed E-state index contributed by atoms with van der Waals surface area (Å²) >= 11 is 0. The molecule has 4 aromatic carbocycles. The van der Waals surface area contributed by atoms with Gasteiger partial charge in [0.1, 0.15) is 0 Å². The van der Waals surface area contributed by atoms with E-state index in [1.54, 1.807) is 6.21 Å². The van der Waals surface area contributed by atoms with Crippen molar-refractivity contribution in [3.05, 3.63) is 90.0 Å². The fourth-order valence-electron chi connectivity index (χ4n) is 3.50. The number of nitrogens with one attached hydrogen (secondary N) is 2. The lowest BCUT2D eigenvalue weighted by Gasteiger charge is -2.08. The molecule has 0 fully saturated rings. The molecule has 0 bridgehead atoms. The molecule has 0 heterocycles. The minimum absolute atomic E-state index is 0.0608. The minimum atomic E-state index is -0.306. The van der Waals surface area contributed by atoms with E-state index in [0.29, 0.717) is 0 Å². The summed E-state index contributed by atoms with van der Waals surface area (Å²) in [5.74, 6) is -0.511. The molecule has 0 unspecified atom stereocenters. The maximum Gasteiger partial charge on any atom is 0.240 e. The zero-order valence-corrected chi connectivity index (χ0v) is 17.3. The van der Waals surface area contributed by atoms with Crippen molar-refractivity contribution in [2.45, 2.75) is 19.8 Å². The first kappa shape index (κ1) is 20.3. The zero-order valence-electron chi connectivity index (χ0n) is 17.3. The van der Waals surface area contributed by atoms with Crippen LogP contribution >= 0.6 is 0 Å². The van der Waals surface area contributed by atoms with E-state index in [2.05, 4.69) is 34.0 Å². The van der Waals surface area contributed by atoms with E-state index < -0.39 is 0 Å². The molecular formula is C26H23N3O2. The predicted molar refractivity (Wildman–Crippen MR) is 126 cm³/mol. The Kier molecular flexibility index (Phi) is 6.03. The summed E-state index contributed by atoms with van der Waals surface area (Å²) < 4.78 is 0. The van der Waals surface area contributed by atoms with Crippen molar-refractivity contribution in [1.82, 2.24) is 5.43 Å². The average molecular weight is 409 g/mol. The topological polar surface area (TPSA) is 70.6 Å².